The van der Waals surface area contributed by atoms with Crippen LogP contribution in [0.15, 0.2) is 81.3 Å². The monoisotopic (exact) mass is 391 g/mol. The first-order valence-electron chi connectivity index (χ1n) is 8.62. The van der Waals surface area contributed by atoms with E-state index < -0.39 is 9.84 Å². The molecule has 140 valence electrons. The molecule has 0 N–H and O–H groups in total. The lowest BCUT2D eigenvalue weighted by Crippen LogP contribution is -2.04. The normalized spacial score (nSPS) is 11.5. The van der Waals surface area contributed by atoms with E-state index in [1.807, 2.05) is 19.9 Å². The van der Waals surface area contributed by atoms with Crippen molar-refractivity contribution in [3.8, 4) is 22.8 Å². The first-order valence-corrected chi connectivity index (χ1v) is 10.1. The van der Waals surface area contributed by atoms with Gasteiger partial charge in [0.05, 0.1) is 15.4 Å². The third-order valence-electron chi connectivity index (χ3n) is 4.30. The quantitative estimate of drug-likeness (QED) is 0.517. The van der Waals surface area contributed by atoms with Crippen LogP contribution in [-0.2, 0) is 9.84 Å². The average molecular weight is 391 g/mol. The Morgan fingerprint density at radius 1 is 0.893 bits per heavy atom. The van der Waals surface area contributed by atoms with Gasteiger partial charge < -0.3 is 4.52 Å². The lowest BCUT2D eigenvalue weighted by molar-refractivity contribution is 0.431. The molecule has 0 unspecified atom stereocenters. The summed E-state index contributed by atoms with van der Waals surface area (Å²) < 4.78 is 31.7. The molecule has 0 saturated carbocycles. The summed E-state index contributed by atoms with van der Waals surface area (Å²) in [5.74, 6) is 0.497. The van der Waals surface area contributed by atoms with Crippen molar-refractivity contribution < 1.29 is 12.9 Å². The molecule has 0 fully saturated rings. The molecule has 2 aromatic carbocycles. The number of benzene rings is 2. The van der Waals surface area contributed by atoms with Gasteiger partial charge in [-0.25, -0.2) is 8.42 Å². The largest absolute Gasteiger partial charge is 0.334 e. The Balaban J connectivity index is 1.80. The molecule has 0 aliphatic rings. The zero-order valence-corrected chi connectivity index (χ0v) is 16.1. The molecule has 0 spiro atoms. The van der Waals surface area contributed by atoms with Gasteiger partial charge in [-0.15, -0.1) is 0 Å². The Kier molecular flexibility index (Phi) is 4.52. The Hall–Kier alpha value is -3.32. The molecule has 2 aromatic heterocycles. The van der Waals surface area contributed by atoms with E-state index in [4.69, 9.17) is 4.52 Å². The van der Waals surface area contributed by atoms with Gasteiger partial charge in [-0.05, 0) is 49.7 Å². The molecule has 0 atom stereocenters. The first-order chi connectivity index (χ1) is 13.4. The van der Waals surface area contributed by atoms with Crippen molar-refractivity contribution in [3.63, 3.8) is 0 Å². The molecule has 0 amide bonds. The van der Waals surface area contributed by atoms with Crippen LogP contribution in [0.5, 0.6) is 0 Å². The van der Waals surface area contributed by atoms with E-state index in [-0.39, 0.29) is 15.7 Å². The average Bonchev–Trinajstić information content (AvgIpc) is 3.18. The van der Waals surface area contributed by atoms with E-state index in [1.165, 1.54) is 0 Å². The van der Waals surface area contributed by atoms with E-state index >= 15 is 0 Å². The van der Waals surface area contributed by atoms with Crippen LogP contribution >= 0.6 is 0 Å². The van der Waals surface area contributed by atoms with Gasteiger partial charge in [-0.1, -0.05) is 35.0 Å². The third kappa shape index (κ3) is 3.32. The molecule has 4 aromatic rings. The predicted octanol–water partition coefficient (Wildman–Crippen LogP) is 4.25. The van der Waals surface area contributed by atoms with Crippen molar-refractivity contribution in [2.24, 2.45) is 0 Å². The highest BCUT2D eigenvalue weighted by Gasteiger charge is 2.24. The van der Waals surface area contributed by atoms with Crippen molar-refractivity contribution in [2.45, 2.75) is 23.6 Å². The van der Waals surface area contributed by atoms with E-state index in [9.17, 15) is 8.42 Å². The molecule has 0 aliphatic heterocycles. The van der Waals surface area contributed by atoms with Gasteiger partial charge >= 0.3 is 0 Å². The standard InChI is InChI=1S/C21H17N3O3S/c1-14-7-9-17(10-8-14)28(25,26)19-6-4-3-5-18(19)21-23-20(24-27-21)16-11-15(2)12-22-13-16/h3-13H,1-2H3. The molecule has 4 rings (SSSR count). The summed E-state index contributed by atoms with van der Waals surface area (Å²) in [4.78, 5) is 8.86. The summed E-state index contributed by atoms with van der Waals surface area (Å²) in [6.45, 7) is 3.82. The molecular weight excluding hydrogens is 374 g/mol. The fourth-order valence-corrected chi connectivity index (χ4v) is 4.30. The second-order valence-electron chi connectivity index (χ2n) is 6.49. The smallest absolute Gasteiger partial charge is 0.259 e. The number of hydrogen-bond donors (Lipinski definition) is 0. The molecule has 7 heteroatoms. The summed E-state index contributed by atoms with van der Waals surface area (Å²) in [5, 5.41) is 3.99. The molecule has 0 bridgehead atoms. The Bertz CT molecular complexity index is 1250. The Morgan fingerprint density at radius 3 is 2.39 bits per heavy atom. The summed E-state index contributed by atoms with van der Waals surface area (Å²) in [6.07, 6.45) is 3.37. The van der Waals surface area contributed by atoms with E-state index in [2.05, 4.69) is 15.1 Å². The zero-order chi connectivity index (χ0) is 19.7. The fraction of sp³-hybridized carbons (Fsp3) is 0.0952. The Morgan fingerprint density at radius 2 is 1.64 bits per heavy atom. The van der Waals surface area contributed by atoms with Crippen molar-refractivity contribution in [3.05, 3.63) is 78.1 Å². The second-order valence-corrected chi connectivity index (χ2v) is 8.40. The minimum atomic E-state index is -3.74. The van der Waals surface area contributed by atoms with Crippen LogP contribution in [-0.4, -0.2) is 23.5 Å². The zero-order valence-electron chi connectivity index (χ0n) is 15.3. The third-order valence-corrected chi connectivity index (χ3v) is 6.13. The van der Waals surface area contributed by atoms with Crippen molar-refractivity contribution >= 4 is 9.84 Å². The van der Waals surface area contributed by atoms with Crippen LogP contribution in [0.4, 0.5) is 0 Å². The van der Waals surface area contributed by atoms with E-state index in [0.717, 1.165) is 11.1 Å². The predicted molar refractivity (Wildman–Crippen MR) is 104 cm³/mol. The highest BCUT2D eigenvalue weighted by molar-refractivity contribution is 7.91. The first kappa shape index (κ1) is 18.1. The van der Waals surface area contributed by atoms with Gasteiger partial charge in [-0.2, -0.15) is 4.98 Å². The van der Waals surface area contributed by atoms with Crippen LogP contribution in [0.3, 0.4) is 0 Å². The van der Waals surface area contributed by atoms with Crippen molar-refractivity contribution in [1.82, 2.24) is 15.1 Å². The van der Waals surface area contributed by atoms with Crippen LogP contribution in [0.25, 0.3) is 22.8 Å². The number of aromatic nitrogens is 3. The molecule has 0 aliphatic carbocycles. The van der Waals surface area contributed by atoms with Crippen LogP contribution in [0.1, 0.15) is 11.1 Å². The SMILES string of the molecule is Cc1ccc(S(=O)(=O)c2ccccc2-c2nc(-c3cncc(C)c3)no2)cc1. The molecular formula is C21H17N3O3S. The number of pyridine rings is 1. The van der Waals surface area contributed by atoms with E-state index in [0.29, 0.717) is 17.0 Å². The maximum Gasteiger partial charge on any atom is 0.259 e. The van der Waals surface area contributed by atoms with Crippen LogP contribution < -0.4 is 0 Å². The van der Waals surface area contributed by atoms with Gasteiger partial charge in [0.15, 0.2) is 0 Å². The summed E-state index contributed by atoms with van der Waals surface area (Å²) in [6, 6.07) is 15.2. The van der Waals surface area contributed by atoms with E-state index in [1.54, 1.807) is 60.9 Å². The Labute approximate surface area is 162 Å². The molecule has 6 nitrogen and oxygen atoms in total. The number of rotatable bonds is 4. The number of sulfone groups is 1. The molecule has 0 radical (unpaired) electrons. The molecule has 28 heavy (non-hydrogen) atoms. The summed E-state index contributed by atoms with van der Waals surface area (Å²) in [5.41, 5.74) is 3.02. The lowest BCUT2D eigenvalue weighted by Gasteiger charge is -2.08. The fourth-order valence-electron chi connectivity index (χ4n) is 2.85. The number of aryl methyl sites for hydroxylation is 2. The molecule has 2 heterocycles. The van der Waals surface area contributed by atoms with Gasteiger partial charge in [0.25, 0.3) is 5.89 Å². The number of nitrogens with zero attached hydrogens (tertiary/aromatic N) is 3. The summed E-state index contributed by atoms with van der Waals surface area (Å²) in [7, 11) is -3.74. The van der Waals surface area contributed by atoms with Crippen LogP contribution in [0, 0.1) is 13.8 Å². The van der Waals surface area contributed by atoms with Crippen LogP contribution in [0.2, 0.25) is 0 Å². The minimum absolute atomic E-state index is 0.122. The van der Waals surface area contributed by atoms with Gasteiger partial charge in [-0.3, -0.25) is 4.98 Å². The topological polar surface area (TPSA) is 86.0 Å². The highest BCUT2D eigenvalue weighted by atomic mass is 32.2. The van der Waals surface area contributed by atoms with Crippen molar-refractivity contribution in [2.75, 3.05) is 0 Å². The number of hydrogen-bond acceptors (Lipinski definition) is 6. The van der Waals surface area contributed by atoms with Gasteiger partial charge in [0, 0.05) is 18.0 Å². The lowest BCUT2D eigenvalue weighted by atomic mass is 10.2. The van der Waals surface area contributed by atoms with Gasteiger partial charge in [0.1, 0.15) is 0 Å². The highest BCUT2D eigenvalue weighted by Crippen LogP contribution is 2.31. The van der Waals surface area contributed by atoms with Gasteiger partial charge in [0.2, 0.25) is 15.7 Å². The maximum atomic E-state index is 13.2. The molecule has 0 saturated heterocycles. The summed E-state index contributed by atoms with van der Waals surface area (Å²) >= 11 is 0. The maximum absolute atomic E-state index is 13.2. The van der Waals surface area contributed by atoms with Crippen molar-refractivity contribution in [1.29, 1.82) is 0 Å². The minimum Gasteiger partial charge on any atom is -0.334 e. The second kappa shape index (κ2) is 7.01.